The molecule has 0 amide bonds. The summed E-state index contributed by atoms with van der Waals surface area (Å²) in [5.74, 6) is 0.907. The first-order valence-corrected chi connectivity index (χ1v) is 8.33. The summed E-state index contributed by atoms with van der Waals surface area (Å²) < 4.78 is 10.9. The Morgan fingerprint density at radius 1 is 1.42 bits per heavy atom. The minimum Gasteiger partial charge on any atom is -0.488 e. The predicted octanol–water partition coefficient (Wildman–Crippen LogP) is 1.55. The minimum absolute atomic E-state index is 0.303. The van der Waals surface area contributed by atoms with Crippen LogP contribution in [0, 0.1) is 13.8 Å². The van der Waals surface area contributed by atoms with Crippen molar-refractivity contribution in [2.24, 2.45) is 5.73 Å². The van der Waals surface area contributed by atoms with Crippen LogP contribution < -0.4 is 10.5 Å². The number of ether oxygens (including phenoxy) is 1. The quantitative estimate of drug-likeness (QED) is 0.835. The second kappa shape index (κ2) is 7.34. The molecule has 3 N–H and O–H groups in total. The van der Waals surface area contributed by atoms with E-state index in [2.05, 4.69) is 23.0 Å². The lowest BCUT2D eigenvalue weighted by molar-refractivity contribution is 0.111. The molecule has 6 heteroatoms. The van der Waals surface area contributed by atoms with Gasteiger partial charge in [0.1, 0.15) is 18.6 Å². The fourth-order valence-electron chi connectivity index (χ4n) is 3.17. The highest BCUT2D eigenvalue weighted by Crippen LogP contribution is 2.30. The number of hydrogen-bond donors (Lipinski definition) is 2. The van der Waals surface area contributed by atoms with Gasteiger partial charge in [0, 0.05) is 26.2 Å². The van der Waals surface area contributed by atoms with Gasteiger partial charge in [0.15, 0.2) is 0 Å². The van der Waals surface area contributed by atoms with Crippen LogP contribution in [0.5, 0.6) is 5.75 Å². The molecule has 1 atom stereocenters. The SMILES string of the molecule is Cc1nocc1COc1ccc2c(c1C)CCN(C[C@@H](O)CN)C2. The summed E-state index contributed by atoms with van der Waals surface area (Å²) in [6, 6.07) is 4.15. The first-order chi connectivity index (χ1) is 11.6. The number of aliphatic hydroxyl groups is 1. The smallest absolute Gasteiger partial charge is 0.130 e. The van der Waals surface area contributed by atoms with Crippen molar-refractivity contribution in [1.82, 2.24) is 10.1 Å². The molecule has 2 aromatic rings. The topological polar surface area (TPSA) is 84.8 Å². The van der Waals surface area contributed by atoms with Gasteiger partial charge >= 0.3 is 0 Å². The van der Waals surface area contributed by atoms with Crippen LogP contribution >= 0.6 is 0 Å². The van der Waals surface area contributed by atoms with Crippen molar-refractivity contribution in [2.45, 2.75) is 39.5 Å². The summed E-state index contributed by atoms with van der Waals surface area (Å²) in [6.07, 6.45) is 2.13. The van der Waals surface area contributed by atoms with Gasteiger partial charge in [0.25, 0.3) is 0 Å². The van der Waals surface area contributed by atoms with E-state index in [1.54, 1.807) is 6.26 Å². The van der Waals surface area contributed by atoms with Crippen molar-refractivity contribution >= 4 is 0 Å². The van der Waals surface area contributed by atoms with Gasteiger partial charge in [-0.2, -0.15) is 0 Å². The lowest BCUT2D eigenvalue weighted by Crippen LogP contribution is -2.39. The lowest BCUT2D eigenvalue weighted by atomic mass is 9.94. The summed E-state index contributed by atoms with van der Waals surface area (Å²) in [4.78, 5) is 2.25. The molecule has 130 valence electrons. The summed E-state index contributed by atoms with van der Waals surface area (Å²) in [7, 11) is 0. The number of nitrogens with zero attached hydrogens (tertiary/aromatic N) is 2. The number of fused-ring (bicyclic) bond motifs is 1. The molecule has 0 saturated heterocycles. The Morgan fingerprint density at radius 2 is 2.25 bits per heavy atom. The first kappa shape index (κ1) is 17.0. The monoisotopic (exact) mass is 331 g/mol. The molecule has 1 aliphatic rings. The molecule has 24 heavy (non-hydrogen) atoms. The van der Waals surface area contributed by atoms with Crippen LogP contribution in [0.15, 0.2) is 22.9 Å². The number of aliphatic hydroxyl groups excluding tert-OH is 1. The molecule has 0 unspecified atom stereocenters. The Balaban J connectivity index is 1.69. The second-order valence-corrected chi connectivity index (χ2v) is 6.41. The molecule has 3 rings (SSSR count). The lowest BCUT2D eigenvalue weighted by Gasteiger charge is -2.31. The van der Waals surface area contributed by atoms with Gasteiger partial charge in [-0.1, -0.05) is 11.2 Å². The predicted molar refractivity (Wildman–Crippen MR) is 90.8 cm³/mol. The Labute approximate surface area is 142 Å². The third kappa shape index (κ3) is 3.61. The molecule has 6 nitrogen and oxygen atoms in total. The third-order valence-corrected chi connectivity index (χ3v) is 4.69. The Bertz CT molecular complexity index is 699. The summed E-state index contributed by atoms with van der Waals surface area (Å²) in [5, 5.41) is 13.6. The number of aromatic nitrogens is 1. The third-order valence-electron chi connectivity index (χ3n) is 4.69. The summed E-state index contributed by atoms with van der Waals surface area (Å²) >= 11 is 0. The Kier molecular flexibility index (Phi) is 5.18. The van der Waals surface area contributed by atoms with Gasteiger partial charge in [-0.15, -0.1) is 0 Å². The average molecular weight is 331 g/mol. The largest absolute Gasteiger partial charge is 0.488 e. The van der Waals surface area contributed by atoms with Crippen LogP contribution in [0.3, 0.4) is 0 Å². The van der Waals surface area contributed by atoms with E-state index in [4.69, 9.17) is 15.0 Å². The van der Waals surface area contributed by atoms with E-state index < -0.39 is 6.10 Å². The fraction of sp³-hybridized carbons (Fsp3) is 0.500. The van der Waals surface area contributed by atoms with E-state index in [9.17, 15) is 5.11 Å². The normalized spacial score (nSPS) is 16.0. The summed E-state index contributed by atoms with van der Waals surface area (Å²) in [6.45, 7) is 7.18. The second-order valence-electron chi connectivity index (χ2n) is 6.41. The average Bonchev–Trinajstić information content (AvgIpc) is 2.99. The van der Waals surface area contributed by atoms with Crippen LogP contribution in [-0.2, 0) is 19.6 Å². The molecule has 0 aliphatic carbocycles. The van der Waals surface area contributed by atoms with E-state index >= 15 is 0 Å². The molecular formula is C18H25N3O3. The van der Waals surface area contributed by atoms with Crippen molar-refractivity contribution in [3.63, 3.8) is 0 Å². The van der Waals surface area contributed by atoms with Crippen LogP contribution in [0.1, 0.15) is 27.9 Å². The zero-order valence-electron chi connectivity index (χ0n) is 14.3. The first-order valence-electron chi connectivity index (χ1n) is 8.33. The maximum absolute atomic E-state index is 9.74. The maximum Gasteiger partial charge on any atom is 0.130 e. The van der Waals surface area contributed by atoms with Crippen LogP contribution in [0.25, 0.3) is 0 Å². The standard InChI is InChI=1S/C18H25N3O3/c1-12-17-5-6-21(9-16(22)7-19)8-14(17)3-4-18(12)23-10-15-11-24-20-13(15)2/h3-4,11,16,22H,5-10,19H2,1-2H3/t16-/m0/s1. The van der Waals surface area contributed by atoms with E-state index in [0.29, 0.717) is 19.7 Å². The molecule has 2 heterocycles. The number of β-amino-alcohol motifs (C(OH)–C–C–N with tert-alkyl or cyclic N) is 1. The van der Waals surface area contributed by atoms with E-state index in [0.717, 1.165) is 36.5 Å². The molecular weight excluding hydrogens is 306 g/mol. The molecule has 0 bridgehead atoms. The molecule has 0 spiro atoms. The van der Waals surface area contributed by atoms with Crippen LogP contribution in [0.4, 0.5) is 0 Å². The van der Waals surface area contributed by atoms with E-state index in [1.165, 1.54) is 16.7 Å². The van der Waals surface area contributed by atoms with Crippen LogP contribution in [-0.4, -0.2) is 40.9 Å². The molecule has 0 radical (unpaired) electrons. The molecule has 1 aromatic carbocycles. The Morgan fingerprint density at radius 3 is 2.96 bits per heavy atom. The number of rotatable bonds is 6. The van der Waals surface area contributed by atoms with Gasteiger partial charge in [-0.05, 0) is 43.0 Å². The molecule has 1 aromatic heterocycles. The van der Waals surface area contributed by atoms with Crippen molar-refractivity contribution in [3.8, 4) is 5.75 Å². The van der Waals surface area contributed by atoms with Gasteiger partial charge in [0.2, 0.25) is 0 Å². The molecule has 0 saturated carbocycles. The van der Waals surface area contributed by atoms with Gasteiger partial charge < -0.3 is 20.1 Å². The van der Waals surface area contributed by atoms with Gasteiger partial charge in [-0.25, -0.2) is 0 Å². The molecule has 0 fully saturated rings. The van der Waals surface area contributed by atoms with E-state index in [1.807, 2.05) is 13.0 Å². The highest BCUT2D eigenvalue weighted by atomic mass is 16.5. The zero-order chi connectivity index (χ0) is 17.1. The Hall–Kier alpha value is -1.89. The number of nitrogens with two attached hydrogens (primary N) is 1. The van der Waals surface area contributed by atoms with Crippen LogP contribution in [0.2, 0.25) is 0 Å². The maximum atomic E-state index is 9.74. The van der Waals surface area contributed by atoms with Gasteiger partial charge in [-0.3, -0.25) is 4.90 Å². The van der Waals surface area contributed by atoms with Gasteiger partial charge in [0.05, 0.1) is 17.4 Å². The number of benzene rings is 1. The minimum atomic E-state index is -0.456. The van der Waals surface area contributed by atoms with Crippen molar-refractivity contribution in [3.05, 3.63) is 46.3 Å². The highest BCUT2D eigenvalue weighted by molar-refractivity contribution is 5.45. The summed E-state index contributed by atoms with van der Waals surface area (Å²) in [5.41, 5.74) is 11.2. The van der Waals surface area contributed by atoms with Crippen molar-refractivity contribution in [2.75, 3.05) is 19.6 Å². The van der Waals surface area contributed by atoms with Crippen molar-refractivity contribution < 1.29 is 14.4 Å². The molecule has 1 aliphatic heterocycles. The van der Waals surface area contributed by atoms with Crippen molar-refractivity contribution in [1.29, 1.82) is 0 Å². The highest BCUT2D eigenvalue weighted by Gasteiger charge is 2.21. The van der Waals surface area contributed by atoms with E-state index in [-0.39, 0.29) is 0 Å². The number of hydrogen-bond acceptors (Lipinski definition) is 6. The number of aryl methyl sites for hydroxylation is 1. The fourth-order valence-corrected chi connectivity index (χ4v) is 3.17. The zero-order valence-corrected chi connectivity index (χ0v) is 14.3.